The van der Waals surface area contributed by atoms with Crippen LogP contribution in [0.15, 0.2) is 47.8 Å². The van der Waals surface area contributed by atoms with Gasteiger partial charge in [-0.25, -0.2) is 4.98 Å². The van der Waals surface area contributed by atoms with E-state index in [1.165, 1.54) is 0 Å². The maximum absolute atomic E-state index is 11.8. The normalized spacial score (nSPS) is 11.2. The van der Waals surface area contributed by atoms with E-state index in [1.807, 2.05) is 18.2 Å². The van der Waals surface area contributed by atoms with Gasteiger partial charge in [-0.05, 0) is 29.8 Å². The Morgan fingerprint density at radius 2 is 1.95 bits per heavy atom. The Morgan fingerprint density at radius 1 is 1.05 bits per heavy atom. The Balaban J connectivity index is 2.02. The highest BCUT2D eigenvalue weighted by molar-refractivity contribution is 5.77. The second-order valence-electron chi connectivity index (χ2n) is 3.96. The lowest BCUT2D eigenvalue weighted by Crippen LogP contribution is -2.09. The fraction of sp³-hybridized carbons (Fsp3) is 0. The summed E-state index contributed by atoms with van der Waals surface area (Å²) in [6.07, 6.45) is 10.2. The minimum atomic E-state index is -0.168. The molecular weight excluding hydrogens is 240 g/mol. The summed E-state index contributed by atoms with van der Waals surface area (Å²) in [6.45, 7) is 0. The van der Waals surface area contributed by atoms with Gasteiger partial charge in [0.25, 0.3) is 5.56 Å². The van der Waals surface area contributed by atoms with Gasteiger partial charge in [0.2, 0.25) is 0 Å². The fourth-order valence-electron chi connectivity index (χ4n) is 1.74. The van der Waals surface area contributed by atoms with Crippen molar-refractivity contribution >= 4 is 23.1 Å². The van der Waals surface area contributed by atoms with Crippen molar-refractivity contribution in [1.82, 2.24) is 19.9 Å². The van der Waals surface area contributed by atoms with Crippen molar-refractivity contribution in [3.8, 4) is 0 Å². The maximum Gasteiger partial charge on any atom is 0.259 e. The zero-order chi connectivity index (χ0) is 13.1. The molecule has 5 nitrogen and oxygen atoms in total. The van der Waals surface area contributed by atoms with E-state index in [0.717, 1.165) is 5.56 Å². The van der Waals surface area contributed by atoms with E-state index in [0.29, 0.717) is 16.7 Å². The summed E-state index contributed by atoms with van der Waals surface area (Å²) in [6, 6.07) is 5.42. The molecule has 0 spiro atoms. The molecule has 19 heavy (non-hydrogen) atoms. The lowest BCUT2D eigenvalue weighted by atomic mass is 10.2. The van der Waals surface area contributed by atoms with Crippen LogP contribution in [0.3, 0.4) is 0 Å². The van der Waals surface area contributed by atoms with Crippen molar-refractivity contribution in [1.29, 1.82) is 0 Å². The monoisotopic (exact) mass is 250 g/mol. The topological polar surface area (TPSA) is 71.5 Å². The Labute approximate surface area is 108 Å². The molecule has 92 valence electrons. The molecule has 0 saturated heterocycles. The van der Waals surface area contributed by atoms with Crippen molar-refractivity contribution in [3.63, 3.8) is 0 Å². The molecule has 0 saturated carbocycles. The van der Waals surface area contributed by atoms with Gasteiger partial charge in [0, 0.05) is 18.6 Å². The molecule has 0 amide bonds. The lowest BCUT2D eigenvalue weighted by Gasteiger charge is -1.97. The van der Waals surface area contributed by atoms with Crippen molar-refractivity contribution in [2.45, 2.75) is 0 Å². The summed E-state index contributed by atoms with van der Waals surface area (Å²) in [5.74, 6) is 0.495. The largest absolute Gasteiger partial charge is 0.306 e. The number of nitrogens with one attached hydrogen (secondary N) is 1. The summed E-state index contributed by atoms with van der Waals surface area (Å²) in [4.78, 5) is 26.9. The highest BCUT2D eigenvalue weighted by atomic mass is 16.1. The first kappa shape index (κ1) is 11.3. The van der Waals surface area contributed by atoms with Crippen molar-refractivity contribution in [2.75, 3.05) is 0 Å². The summed E-state index contributed by atoms with van der Waals surface area (Å²) in [5.41, 5.74) is 1.35. The highest BCUT2D eigenvalue weighted by Gasteiger charge is 2.00. The van der Waals surface area contributed by atoms with E-state index >= 15 is 0 Å². The molecule has 3 rings (SSSR count). The second-order valence-corrected chi connectivity index (χ2v) is 3.96. The Morgan fingerprint density at radius 3 is 2.79 bits per heavy atom. The predicted molar refractivity (Wildman–Crippen MR) is 73.3 cm³/mol. The summed E-state index contributed by atoms with van der Waals surface area (Å²) >= 11 is 0. The van der Waals surface area contributed by atoms with Gasteiger partial charge in [0.1, 0.15) is 5.82 Å². The molecular formula is C14H10N4O. The number of fused-ring (bicyclic) bond motifs is 1. The number of aromatic amines is 1. The van der Waals surface area contributed by atoms with Crippen molar-refractivity contribution < 1.29 is 0 Å². The van der Waals surface area contributed by atoms with Crippen LogP contribution in [-0.2, 0) is 0 Å². The first-order chi connectivity index (χ1) is 9.33. The number of H-pyrrole nitrogens is 1. The summed E-state index contributed by atoms with van der Waals surface area (Å²) in [5, 5.41) is 0.536. The van der Waals surface area contributed by atoms with Gasteiger partial charge in [0.05, 0.1) is 17.1 Å². The second kappa shape index (κ2) is 4.81. The number of rotatable bonds is 2. The van der Waals surface area contributed by atoms with Crippen LogP contribution in [0, 0.1) is 0 Å². The number of nitrogens with zero attached hydrogens (tertiary/aromatic N) is 3. The molecule has 0 atom stereocenters. The quantitative estimate of drug-likeness (QED) is 0.753. The van der Waals surface area contributed by atoms with E-state index in [1.54, 1.807) is 36.9 Å². The number of pyridine rings is 2. The van der Waals surface area contributed by atoms with Gasteiger partial charge in [-0.1, -0.05) is 6.07 Å². The average Bonchev–Trinajstić information content (AvgIpc) is 2.46. The molecule has 1 N–H and O–H groups in total. The molecule has 3 aromatic heterocycles. The minimum Gasteiger partial charge on any atom is -0.306 e. The summed E-state index contributed by atoms with van der Waals surface area (Å²) < 4.78 is 0. The van der Waals surface area contributed by atoms with Gasteiger partial charge in [-0.15, -0.1) is 0 Å². The van der Waals surface area contributed by atoms with E-state index in [4.69, 9.17) is 0 Å². The van der Waals surface area contributed by atoms with Gasteiger partial charge in [-0.3, -0.25) is 14.8 Å². The maximum atomic E-state index is 11.8. The first-order valence-electron chi connectivity index (χ1n) is 5.75. The predicted octanol–water partition coefficient (Wildman–Crippen LogP) is 1.88. The summed E-state index contributed by atoms with van der Waals surface area (Å²) in [7, 11) is 0. The fourth-order valence-corrected chi connectivity index (χ4v) is 1.74. The molecule has 0 unspecified atom stereocenters. The van der Waals surface area contributed by atoms with Gasteiger partial charge in [-0.2, -0.15) is 0 Å². The van der Waals surface area contributed by atoms with Gasteiger partial charge >= 0.3 is 0 Å². The zero-order valence-corrected chi connectivity index (χ0v) is 9.95. The zero-order valence-electron chi connectivity index (χ0n) is 9.95. The van der Waals surface area contributed by atoms with Crippen LogP contribution in [-0.4, -0.2) is 19.9 Å². The van der Waals surface area contributed by atoms with Crippen LogP contribution >= 0.6 is 0 Å². The Hall–Kier alpha value is -2.82. The van der Waals surface area contributed by atoms with Crippen molar-refractivity contribution in [3.05, 3.63) is 64.7 Å². The van der Waals surface area contributed by atoms with Crippen molar-refractivity contribution in [2.24, 2.45) is 0 Å². The molecule has 3 heterocycles. The van der Waals surface area contributed by atoms with Crippen LogP contribution < -0.4 is 5.56 Å². The van der Waals surface area contributed by atoms with E-state index in [2.05, 4.69) is 19.9 Å². The molecule has 0 aliphatic rings. The third kappa shape index (κ3) is 2.40. The van der Waals surface area contributed by atoms with E-state index < -0.39 is 0 Å². The molecule has 0 bridgehead atoms. The third-order valence-electron chi connectivity index (χ3n) is 2.65. The third-order valence-corrected chi connectivity index (χ3v) is 2.65. The molecule has 0 fully saturated rings. The van der Waals surface area contributed by atoms with Crippen LogP contribution in [0.1, 0.15) is 11.4 Å². The van der Waals surface area contributed by atoms with Crippen LogP contribution in [0.4, 0.5) is 0 Å². The van der Waals surface area contributed by atoms with Gasteiger partial charge in [0.15, 0.2) is 0 Å². The van der Waals surface area contributed by atoms with E-state index in [9.17, 15) is 4.79 Å². The number of aromatic nitrogens is 4. The minimum absolute atomic E-state index is 0.168. The van der Waals surface area contributed by atoms with Crippen LogP contribution in [0.2, 0.25) is 0 Å². The lowest BCUT2D eigenvalue weighted by molar-refractivity contribution is 1.13. The van der Waals surface area contributed by atoms with Crippen LogP contribution in [0.5, 0.6) is 0 Å². The number of hydrogen-bond donors (Lipinski definition) is 1. The average molecular weight is 250 g/mol. The molecule has 0 aliphatic heterocycles. The van der Waals surface area contributed by atoms with Gasteiger partial charge < -0.3 is 4.98 Å². The molecule has 0 aliphatic carbocycles. The van der Waals surface area contributed by atoms with E-state index in [-0.39, 0.29) is 5.56 Å². The number of hydrogen-bond acceptors (Lipinski definition) is 4. The SMILES string of the molecule is O=c1[nH]c(C=Cc2cccnc2)nc2cnccc12. The molecule has 0 radical (unpaired) electrons. The Bertz CT molecular complexity index is 793. The molecule has 3 aromatic rings. The highest BCUT2D eigenvalue weighted by Crippen LogP contribution is 2.06. The Kier molecular flexibility index (Phi) is 2.86. The smallest absolute Gasteiger partial charge is 0.259 e. The molecule has 5 heteroatoms. The molecule has 0 aromatic carbocycles. The van der Waals surface area contributed by atoms with Crippen LogP contribution in [0.25, 0.3) is 23.1 Å². The standard InChI is InChI=1S/C14H10N4O/c19-14-11-5-7-16-9-12(11)17-13(18-14)4-3-10-2-1-6-15-8-10/h1-9H,(H,17,18,19). The first-order valence-corrected chi connectivity index (χ1v) is 5.75.